The number of rotatable bonds is 4. The molecule has 6 nitrogen and oxygen atoms in total. The molecule has 1 saturated heterocycles. The zero-order valence-corrected chi connectivity index (χ0v) is 17.0. The number of carbonyl (C=O) groups is 1. The molecule has 0 radical (unpaired) electrons. The van der Waals surface area contributed by atoms with Gasteiger partial charge in [-0.05, 0) is 23.3 Å². The highest BCUT2D eigenvalue weighted by atomic mass is 35.5. The van der Waals surface area contributed by atoms with Crippen molar-refractivity contribution in [2.45, 2.75) is 24.5 Å². The van der Waals surface area contributed by atoms with Crippen LogP contribution in [0.25, 0.3) is 0 Å². The molecule has 3 heterocycles. The quantitative estimate of drug-likeness (QED) is 0.702. The second kappa shape index (κ2) is 7.80. The van der Waals surface area contributed by atoms with Crippen molar-refractivity contribution in [3.63, 3.8) is 0 Å². The van der Waals surface area contributed by atoms with E-state index < -0.39 is 0 Å². The van der Waals surface area contributed by atoms with Crippen LogP contribution in [0.5, 0.6) is 0 Å². The number of carbonyl (C=O) groups excluding carboxylic acids is 1. The van der Waals surface area contributed by atoms with Crippen LogP contribution in [-0.4, -0.2) is 51.1 Å². The molecule has 30 heavy (non-hydrogen) atoms. The van der Waals surface area contributed by atoms with Gasteiger partial charge in [0.1, 0.15) is 5.69 Å². The minimum atomic E-state index is -0.167. The first-order chi connectivity index (χ1) is 14.7. The Kier molecular flexibility index (Phi) is 4.98. The summed E-state index contributed by atoms with van der Waals surface area (Å²) in [6.45, 7) is 1.21. The van der Waals surface area contributed by atoms with Gasteiger partial charge in [0.15, 0.2) is 0 Å². The number of aromatic nitrogens is 2. The summed E-state index contributed by atoms with van der Waals surface area (Å²) in [4.78, 5) is 25.5. The highest BCUT2D eigenvalue weighted by Crippen LogP contribution is 2.49. The molecule has 0 unspecified atom stereocenters. The lowest BCUT2D eigenvalue weighted by molar-refractivity contribution is -0.0488. The molecule has 0 spiro atoms. The van der Waals surface area contributed by atoms with Gasteiger partial charge in [-0.1, -0.05) is 48.0 Å². The average Bonchev–Trinajstić information content (AvgIpc) is 2.78. The van der Waals surface area contributed by atoms with Crippen LogP contribution < -0.4 is 4.90 Å². The Morgan fingerprint density at radius 2 is 1.93 bits per heavy atom. The molecule has 1 aromatic heterocycles. The fourth-order valence-corrected chi connectivity index (χ4v) is 4.96. The van der Waals surface area contributed by atoms with Crippen molar-refractivity contribution in [2.75, 3.05) is 18.1 Å². The number of halogens is 1. The predicted molar refractivity (Wildman–Crippen MR) is 115 cm³/mol. The van der Waals surface area contributed by atoms with Crippen LogP contribution >= 0.6 is 11.6 Å². The van der Waals surface area contributed by atoms with Crippen LogP contribution in [0.15, 0.2) is 67.1 Å². The smallest absolute Gasteiger partial charge is 0.278 e. The molecule has 2 aromatic carbocycles. The number of likely N-dealkylation sites (tertiary alicyclic amines) is 1. The topological polar surface area (TPSA) is 69.6 Å². The Hall–Kier alpha value is -2.80. The molecule has 1 amide bonds. The monoisotopic (exact) mass is 420 g/mol. The second-order valence-electron chi connectivity index (χ2n) is 7.67. The molecule has 152 valence electrons. The van der Waals surface area contributed by atoms with E-state index in [1.807, 2.05) is 42.5 Å². The Morgan fingerprint density at radius 3 is 2.70 bits per heavy atom. The summed E-state index contributed by atoms with van der Waals surface area (Å²) < 4.78 is 0. The Labute approximate surface area is 179 Å². The van der Waals surface area contributed by atoms with Gasteiger partial charge in [0.2, 0.25) is 0 Å². The van der Waals surface area contributed by atoms with E-state index in [1.54, 1.807) is 11.1 Å². The van der Waals surface area contributed by atoms with Gasteiger partial charge in [-0.3, -0.25) is 14.7 Å². The summed E-state index contributed by atoms with van der Waals surface area (Å²) in [5, 5.41) is 10.9. The largest absolute Gasteiger partial charge is 0.395 e. The van der Waals surface area contributed by atoms with E-state index in [0.717, 1.165) is 16.8 Å². The average molecular weight is 421 g/mol. The lowest BCUT2D eigenvalue weighted by atomic mass is 9.71. The van der Waals surface area contributed by atoms with Crippen molar-refractivity contribution < 1.29 is 9.90 Å². The molecule has 5 rings (SSSR count). The molecule has 1 N–H and O–H groups in total. The lowest BCUT2D eigenvalue weighted by Gasteiger charge is -2.59. The second-order valence-corrected chi connectivity index (χ2v) is 8.08. The highest BCUT2D eigenvalue weighted by Gasteiger charge is 2.53. The third-order valence-electron chi connectivity index (χ3n) is 6.16. The van der Waals surface area contributed by atoms with Gasteiger partial charge in [0, 0.05) is 54.2 Å². The zero-order valence-electron chi connectivity index (χ0n) is 16.2. The summed E-state index contributed by atoms with van der Waals surface area (Å²) in [7, 11) is 0. The molecule has 2 aliphatic heterocycles. The standard InChI is InChI=1S/C23H21ClN4O2/c24-17-7-3-1-5-15(17)12-27-20-13-28(23(30)18-11-25-9-10-26-18)19-8-4-2-6-16(19)22(20)21(27)14-29/h1-11,20-22,29H,12-14H2/t20-,21+,22+/m1/s1. The van der Waals surface area contributed by atoms with E-state index >= 15 is 0 Å². The number of hydrogen-bond donors (Lipinski definition) is 1. The lowest BCUT2D eigenvalue weighted by Crippen LogP contribution is -2.68. The molecule has 2 aliphatic rings. The SMILES string of the molecule is O=C(c1cnccn1)N1C[C@@H]2[C@H](c3ccccc31)[C@H](CO)N2Cc1ccccc1Cl. The molecule has 1 fully saturated rings. The van der Waals surface area contributed by atoms with Gasteiger partial charge >= 0.3 is 0 Å². The molecule has 3 atom stereocenters. The summed E-state index contributed by atoms with van der Waals surface area (Å²) >= 11 is 6.39. The molecule has 3 aromatic rings. The molecule has 7 heteroatoms. The first-order valence-corrected chi connectivity index (χ1v) is 10.3. The minimum Gasteiger partial charge on any atom is -0.395 e. The van der Waals surface area contributed by atoms with Crippen LogP contribution in [0.3, 0.4) is 0 Å². The van der Waals surface area contributed by atoms with E-state index in [4.69, 9.17) is 11.6 Å². The van der Waals surface area contributed by atoms with Crippen molar-refractivity contribution >= 4 is 23.2 Å². The Bertz CT molecular complexity index is 1080. The van der Waals surface area contributed by atoms with Crippen molar-refractivity contribution in [1.29, 1.82) is 0 Å². The third-order valence-corrected chi connectivity index (χ3v) is 6.53. The van der Waals surface area contributed by atoms with Gasteiger partial charge in [0.25, 0.3) is 5.91 Å². The van der Waals surface area contributed by atoms with Crippen LogP contribution in [0.2, 0.25) is 5.02 Å². The Morgan fingerprint density at radius 1 is 1.13 bits per heavy atom. The van der Waals surface area contributed by atoms with Crippen molar-refractivity contribution in [1.82, 2.24) is 14.9 Å². The Balaban J connectivity index is 1.50. The maximum Gasteiger partial charge on any atom is 0.278 e. The maximum atomic E-state index is 13.2. The normalized spacial score (nSPS) is 22.7. The summed E-state index contributed by atoms with van der Waals surface area (Å²) in [6, 6.07) is 15.8. The highest BCUT2D eigenvalue weighted by molar-refractivity contribution is 6.31. The molecule has 0 aliphatic carbocycles. The van der Waals surface area contributed by atoms with Crippen LogP contribution in [-0.2, 0) is 6.54 Å². The van der Waals surface area contributed by atoms with Gasteiger partial charge in [-0.15, -0.1) is 0 Å². The maximum absolute atomic E-state index is 13.2. The minimum absolute atomic E-state index is 0.0128. The van der Waals surface area contributed by atoms with E-state index in [1.165, 1.54) is 12.4 Å². The van der Waals surface area contributed by atoms with Crippen LogP contribution in [0, 0.1) is 0 Å². The molecular weight excluding hydrogens is 400 g/mol. The van der Waals surface area contributed by atoms with Crippen molar-refractivity contribution in [3.8, 4) is 0 Å². The first kappa shape index (κ1) is 19.2. The number of benzene rings is 2. The van der Waals surface area contributed by atoms with Gasteiger partial charge in [0.05, 0.1) is 12.8 Å². The number of aliphatic hydroxyl groups is 1. The number of hydrogen-bond acceptors (Lipinski definition) is 5. The summed E-state index contributed by atoms with van der Waals surface area (Å²) in [5.74, 6) is -0.00117. The fourth-order valence-electron chi connectivity index (χ4n) is 4.76. The van der Waals surface area contributed by atoms with Gasteiger partial charge in [-0.2, -0.15) is 0 Å². The zero-order chi connectivity index (χ0) is 20.7. The first-order valence-electron chi connectivity index (χ1n) is 9.96. The predicted octanol–water partition coefficient (Wildman–Crippen LogP) is 3.12. The van der Waals surface area contributed by atoms with E-state index in [-0.39, 0.29) is 30.5 Å². The third kappa shape index (κ3) is 3.08. The summed E-state index contributed by atoms with van der Waals surface area (Å²) in [6.07, 6.45) is 4.58. The number of para-hydroxylation sites is 1. The number of anilines is 1. The molecule has 0 bridgehead atoms. The fraction of sp³-hybridized carbons (Fsp3) is 0.261. The number of aliphatic hydroxyl groups excluding tert-OH is 1. The van der Waals surface area contributed by atoms with Crippen LogP contribution in [0.1, 0.15) is 27.5 Å². The van der Waals surface area contributed by atoms with E-state index in [0.29, 0.717) is 23.8 Å². The van der Waals surface area contributed by atoms with Gasteiger partial charge < -0.3 is 10.0 Å². The van der Waals surface area contributed by atoms with Gasteiger partial charge in [-0.25, -0.2) is 4.98 Å². The summed E-state index contributed by atoms with van der Waals surface area (Å²) in [5.41, 5.74) is 3.30. The number of amides is 1. The van der Waals surface area contributed by atoms with Crippen molar-refractivity contribution in [2.24, 2.45) is 0 Å². The number of nitrogens with zero attached hydrogens (tertiary/aromatic N) is 4. The van der Waals surface area contributed by atoms with E-state index in [9.17, 15) is 9.90 Å². The van der Waals surface area contributed by atoms with Crippen LogP contribution in [0.4, 0.5) is 5.69 Å². The number of fused-ring (bicyclic) bond motifs is 3. The van der Waals surface area contributed by atoms with E-state index in [2.05, 4.69) is 20.9 Å². The van der Waals surface area contributed by atoms with Crippen molar-refractivity contribution in [3.05, 3.63) is 89.0 Å². The molecule has 0 saturated carbocycles. The molecular formula is C23H21ClN4O2.